The van der Waals surface area contributed by atoms with Crippen molar-refractivity contribution in [3.05, 3.63) is 0 Å². The lowest BCUT2D eigenvalue weighted by molar-refractivity contribution is -0.123. The van der Waals surface area contributed by atoms with Gasteiger partial charge in [0.25, 0.3) is 0 Å². The number of hydrogen-bond acceptors (Lipinski definition) is 3. The van der Waals surface area contributed by atoms with Crippen molar-refractivity contribution in [1.29, 1.82) is 0 Å². The molecule has 0 aliphatic carbocycles. The smallest absolute Gasteiger partial charge is 0.220 e. The first-order chi connectivity index (χ1) is 25.7. The minimum atomic E-state index is -0.652. The molecule has 0 aromatic carbocycles. The van der Waals surface area contributed by atoms with E-state index < -0.39 is 12.1 Å². The first kappa shape index (κ1) is 51.4. The van der Waals surface area contributed by atoms with Gasteiger partial charge in [-0.1, -0.05) is 264 Å². The molecule has 0 fully saturated rings. The maximum absolute atomic E-state index is 12.4. The van der Waals surface area contributed by atoms with Crippen LogP contribution in [0.3, 0.4) is 0 Å². The van der Waals surface area contributed by atoms with Crippen molar-refractivity contribution in [2.75, 3.05) is 6.61 Å². The highest BCUT2D eigenvalue weighted by Gasteiger charge is 2.20. The minimum Gasteiger partial charge on any atom is -0.394 e. The van der Waals surface area contributed by atoms with Crippen molar-refractivity contribution in [3.8, 4) is 0 Å². The average molecular weight is 736 g/mol. The van der Waals surface area contributed by atoms with Crippen molar-refractivity contribution >= 4 is 5.91 Å². The molecule has 0 spiro atoms. The highest BCUT2D eigenvalue weighted by Crippen LogP contribution is 2.17. The molecule has 0 unspecified atom stereocenters. The van der Waals surface area contributed by atoms with Gasteiger partial charge in [0.15, 0.2) is 0 Å². The third-order valence-corrected chi connectivity index (χ3v) is 11.6. The fourth-order valence-electron chi connectivity index (χ4n) is 7.89. The Kier molecular flexibility index (Phi) is 44.3. The molecule has 0 saturated heterocycles. The number of nitrogens with one attached hydrogen (secondary N) is 1. The molecule has 0 aliphatic rings. The number of hydrogen-bond donors (Lipinski definition) is 3. The van der Waals surface area contributed by atoms with Gasteiger partial charge in [0, 0.05) is 6.42 Å². The van der Waals surface area contributed by atoms with E-state index >= 15 is 0 Å². The molecule has 0 aromatic heterocycles. The van der Waals surface area contributed by atoms with Crippen molar-refractivity contribution in [2.45, 2.75) is 296 Å². The third-order valence-electron chi connectivity index (χ3n) is 11.6. The predicted octanol–water partition coefficient (Wildman–Crippen LogP) is 15.2. The van der Waals surface area contributed by atoms with Gasteiger partial charge in [0.2, 0.25) is 5.91 Å². The number of carbonyl (C=O) groups excluding carboxylic acids is 1. The van der Waals surface area contributed by atoms with E-state index in [0.717, 1.165) is 25.7 Å². The van der Waals surface area contributed by atoms with E-state index in [1.165, 1.54) is 231 Å². The zero-order valence-electron chi connectivity index (χ0n) is 35.9. The van der Waals surface area contributed by atoms with Crippen LogP contribution in [0.4, 0.5) is 0 Å². The van der Waals surface area contributed by atoms with Gasteiger partial charge in [-0.2, -0.15) is 0 Å². The molecule has 3 N–H and O–H groups in total. The first-order valence-electron chi connectivity index (χ1n) is 24.2. The number of aliphatic hydroxyl groups is 2. The van der Waals surface area contributed by atoms with Gasteiger partial charge >= 0.3 is 0 Å². The predicted molar refractivity (Wildman–Crippen MR) is 230 cm³/mol. The first-order valence-corrected chi connectivity index (χ1v) is 24.2. The van der Waals surface area contributed by atoms with Gasteiger partial charge in [-0.15, -0.1) is 0 Å². The zero-order valence-corrected chi connectivity index (χ0v) is 35.9. The molecular formula is C48H97NO3. The summed E-state index contributed by atoms with van der Waals surface area (Å²) in [6, 6.07) is -0.529. The molecule has 0 bridgehead atoms. The van der Waals surface area contributed by atoms with Crippen LogP contribution < -0.4 is 5.32 Å². The Morgan fingerprint density at radius 2 is 0.615 bits per heavy atom. The second-order valence-electron chi connectivity index (χ2n) is 16.9. The summed E-state index contributed by atoms with van der Waals surface area (Å²) in [5.74, 6) is -0.0254. The van der Waals surface area contributed by atoms with Crippen LogP contribution >= 0.6 is 0 Å². The summed E-state index contributed by atoms with van der Waals surface area (Å²) in [6.07, 6.45) is 54.9. The van der Waals surface area contributed by atoms with Crippen LogP contribution in [-0.4, -0.2) is 34.9 Å². The second kappa shape index (κ2) is 44.8. The molecular weight excluding hydrogens is 639 g/mol. The molecule has 0 radical (unpaired) electrons. The molecule has 0 rings (SSSR count). The maximum atomic E-state index is 12.4. The van der Waals surface area contributed by atoms with Gasteiger partial charge in [-0.3, -0.25) is 4.79 Å². The number of amides is 1. The zero-order chi connectivity index (χ0) is 37.8. The van der Waals surface area contributed by atoms with Gasteiger partial charge in [-0.05, 0) is 12.8 Å². The van der Waals surface area contributed by atoms with Crippen molar-refractivity contribution in [3.63, 3.8) is 0 Å². The lowest BCUT2D eigenvalue weighted by Gasteiger charge is -2.22. The van der Waals surface area contributed by atoms with E-state index in [9.17, 15) is 15.0 Å². The lowest BCUT2D eigenvalue weighted by atomic mass is 10.0. The van der Waals surface area contributed by atoms with Crippen LogP contribution in [0.15, 0.2) is 0 Å². The molecule has 2 atom stereocenters. The molecule has 0 aliphatic heterocycles. The highest BCUT2D eigenvalue weighted by molar-refractivity contribution is 5.76. The summed E-state index contributed by atoms with van der Waals surface area (Å²) in [4.78, 5) is 12.4. The van der Waals surface area contributed by atoms with Crippen LogP contribution in [0.1, 0.15) is 284 Å². The average Bonchev–Trinajstić information content (AvgIpc) is 3.15. The molecule has 0 saturated carbocycles. The Hall–Kier alpha value is -0.610. The summed E-state index contributed by atoms with van der Waals surface area (Å²) in [5, 5.41) is 23.2. The molecule has 0 aromatic rings. The molecule has 4 heteroatoms. The van der Waals surface area contributed by atoms with Gasteiger partial charge in [0.05, 0.1) is 18.8 Å². The summed E-state index contributed by atoms with van der Waals surface area (Å²) >= 11 is 0. The third kappa shape index (κ3) is 40.6. The monoisotopic (exact) mass is 736 g/mol. The van der Waals surface area contributed by atoms with Crippen LogP contribution in [0.25, 0.3) is 0 Å². The Morgan fingerprint density at radius 1 is 0.385 bits per heavy atom. The minimum absolute atomic E-state index is 0.0254. The summed E-state index contributed by atoms with van der Waals surface area (Å²) < 4.78 is 0. The van der Waals surface area contributed by atoms with Gasteiger partial charge in [-0.25, -0.2) is 0 Å². The standard InChI is InChI=1S/C48H97NO3/c1-3-5-7-9-11-13-15-17-18-19-20-21-22-23-24-25-26-27-28-29-30-31-32-34-36-38-40-42-44-48(52)49-46(45-50)47(51)43-41-39-37-35-33-16-14-12-10-8-6-4-2/h46-47,50-51H,3-45H2,1-2H3,(H,49,52)/t46-,47+/m0/s1. The number of aliphatic hydroxyl groups excluding tert-OH is 2. The maximum Gasteiger partial charge on any atom is 0.220 e. The fourth-order valence-corrected chi connectivity index (χ4v) is 7.89. The summed E-state index contributed by atoms with van der Waals surface area (Å²) in [6.45, 7) is 4.38. The van der Waals surface area contributed by atoms with E-state index in [-0.39, 0.29) is 12.5 Å². The van der Waals surface area contributed by atoms with Gasteiger partial charge < -0.3 is 15.5 Å². The second-order valence-corrected chi connectivity index (χ2v) is 16.9. The molecule has 0 heterocycles. The number of unbranched alkanes of at least 4 members (excludes halogenated alkanes) is 38. The molecule has 52 heavy (non-hydrogen) atoms. The quantitative estimate of drug-likeness (QED) is 0.0545. The Morgan fingerprint density at radius 3 is 0.865 bits per heavy atom. The van der Waals surface area contributed by atoms with E-state index in [1.54, 1.807) is 0 Å². The van der Waals surface area contributed by atoms with Crippen LogP contribution in [0, 0.1) is 0 Å². The Bertz CT molecular complexity index is 670. The van der Waals surface area contributed by atoms with Crippen LogP contribution in [0.2, 0.25) is 0 Å². The number of rotatable bonds is 45. The summed E-state index contributed by atoms with van der Waals surface area (Å²) in [7, 11) is 0. The van der Waals surface area contributed by atoms with Gasteiger partial charge in [0.1, 0.15) is 0 Å². The van der Waals surface area contributed by atoms with Crippen molar-refractivity contribution < 1.29 is 15.0 Å². The Labute approximate surface area is 327 Å². The highest BCUT2D eigenvalue weighted by atomic mass is 16.3. The molecule has 4 nitrogen and oxygen atoms in total. The summed E-state index contributed by atoms with van der Waals surface area (Å²) in [5.41, 5.74) is 0. The Balaban J connectivity index is 3.38. The van der Waals surface area contributed by atoms with Crippen molar-refractivity contribution in [2.24, 2.45) is 0 Å². The van der Waals surface area contributed by atoms with Crippen molar-refractivity contribution in [1.82, 2.24) is 5.32 Å². The lowest BCUT2D eigenvalue weighted by Crippen LogP contribution is -2.45. The van der Waals surface area contributed by atoms with Crippen LogP contribution in [0.5, 0.6) is 0 Å². The molecule has 312 valence electrons. The van der Waals surface area contributed by atoms with E-state index in [0.29, 0.717) is 12.8 Å². The fraction of sp³-hybridized carbons (Fsp3) is 0.979. The molecule has 1 amide bonds. The van der Waals surface area contributed by atoms with E-state index in [1.807, 2.05) is 0 Å². The topological polar surface area (TPSA) is 69.6 Å². The normalized spacial score (nSPS) is 12.8. The SMILES string of the molecule is CCCCCCCCCCCCCCCCCCCCCCCCCCCCCCC(=O)N[C@@H](CO)[C@H](O)CCCCCCCCCCCCCC. The largest absolute Gasteiger partial charge is 0.394 e. The van der Waals surface area contributed by atoms with Crippen LogP contribution in [-0.2, 0) is 4.79 Å². The van der Waals surface area contributed by atoms with E-state index in [2.05, 4.69) is 19.2 Å². The number of carbonyl (C=O) groups is 1. The van der Waals surface area contributed by atoms with E-state index in [4.69, 9.17) is 0 Å².